The van der Waals surface area contributed by atoms with Crippen molar-refractivity contribution in [2.24, 2.45) is 11.7 Å². The lowest BCUT2D eigenvalue weighted by atomic mass is 9.97. The minimum absolute atomic E-state index is 0. The van der Waals surface area contributed by atoms with Crippen LogP contribution in [0.15, 0.2) is 29.1 Å². The largest absolute Gasteiger partial charge is 0.355 e. The molecule has 2 aromatic rings. The van der Waals surface area contributed by atoms with Crippen LogP contribution in [0.3, 0.4) is 0 Å². The van der Waals surface area contributed by atoms with Gasteiger partial charge in [0.1, 0.15) is 6.54 Å². The van der Waals surface area contributed by atoms with Crippen LogP contribution in [0.4, 0.5) is 0 Å². The second kappa shape index (κ2) is 8.86. The van der Waals surface area contributed by atoms with Crippen molar-refractivity contribution in [1.29, 1.82) is 0 Å². The number of hydrogen-bond acceptors (Lipinski definition) is 4. The van der Waals surface area contributed by atoms with Crippen molar-refractivity contribution in [2.45, 2.75) is 19.4 Å². The van der Waals surface area contributed by atoms with Crippen LogP contribution in [0.25, 0.3) is 11.0 Å². The molecule has 8 nitrogen and oxygen atoms in total. The van der Waals surface area contributed by atoms with E-state index in [2.05, 4.69) is 10.3 Å². The predicted molar refractivity (Wildman–Crippen MR) is 101 cm³/mol. The molecule has 2 amide bonds. The summed E-state index contributed by atoms with van der Waals surface area (Å²) in [6.45, 7) is 1.79. The number of carbonyl (C=O) groups is 2. The van der Waals surface area contributed by atoms with Crippen LogP contribution >= 0.6 is 12.4 Å². The average molecular weight is 382 g/mol. The van der Waals surface area contributed by atoms with Crippen molar-refractivity contribution >= 4 is 35.3 Å². The Hall–Kier alpha value is -2.32. The number of nitrogens with zero attached hydrogens (tertiary/aromatic N) is 2. The van der Waals surface area contributed by atoms with Gasteiger partial charge in [-0.05, 0) is 25.0 Å². The molecule has 0 aliphatic carbocycles. The maximum atomic E-state index is 12.6. The highest BCUT2D eigenvalue weighted by Gasteiger charge is 2.28. The van der Waals surface area contributed by atoms with Crippen molar-refractivity contribution in [1.82, 2.24) is 19.8 Å². The van der Waals surface area contributed by atoms with Crippen LogP contribution in [0.2, 0.25) is 0 Å². The summed E-state index contributed by atoms with van der Waals surface area (Å²) < 4.78 is 1.44. The van der Waals surface area contributed by atoms with Crippen LogP contribution in [-0.4, -0.2) is 52.4 Å². The van der Waals surface area contributed by atoms with Gasteiger partial charge in [-0.3, -0.25) is 14.2 Å². The molecule has 26 heavy (non-hydrogen) atoms. The number of nitrogens with one attached hydrogen (secondary N) is 2. The molecule has 0 saturated carbocycles. The number of fused-ring (bicyclic) bond motifs is 1. The molecule has 2 heterocycles. The number of carbonyl (C=O) groups excluding carboxylic acids is 2. The van der Waals surface area contributed by atoms with E-state index in [4.69, 9.17) is 5.73 Å². The van der Waals surface area contributed by atoms with E-state index >= 15 is 0 Å². The summed E-state index contributed by atoms with van der Waals surface area (Å²) in [5, 5.41) is 2.78. The Balaban J connectivity index is 0.00000243. The second-order valence-corrected chi connectivity index (χ2v) is 6.29. The van der Waals surface area contributed by atoms with Gasteiger partial charge in [-0.1, -0.05) is 12.1 Å². The Kier molecular flexibility index (Phi) is 6.82. The number of halogens is 1. The number of likely N-dealkylation sites (tertiary alicyclic amines) is 1. The molecule has 1 atom stereocenters. The molecular formula is C17H24ClN5O3. The monoisotopic (exact) mass is 381 g/mol. The molecule has 1 aliphatic rings. The highest BCUT2D eigenvalue weighted by atomic mass is 35.5. The van der Waals surface area contributed by atoms with Gasteiger partial charge in [0.15, 0.2) is 0 Å². The summed E-state index contributed by atoms with van der Waals surface area (Å²) in [6, 6.07) is 7.27. The minimum Gasteiger partial charge on any atom is -0.355 e. The number of imidazole rings is 1. The zero-order chi connectivity index (χ0) is 17.8. The number of aromatic nitrogens is 2. The molecule has 3 rings (SSSR count). The van der Waals surface area contributed by atoms with Crippen molar-refractivity contribution in [2.75, 3.05) is 26.2 Å². The lowest BCUT2D eigenvalue weighted by molar-refractivity contribution is -0.136. The highest BCUT2D eigenvalue weighted by Crippen LogP contribution is 2.17. The van der Waals surface area contributed by atoms with E-state index in [1.165, 1.54) is 4.57 Å². The number of aromatic amines is 1. The number of piperidine rings is 1. The predicted octanol–water partition coefficient (Wildman–Crippen LogP) is 0.0649. The molecule has 0 spiro atoms. The molecule has 1 aliphatic heterocycles. The molecule has 1 unspecified atom stereocenters. The molecule has 1 aromatic carbocycles. The first kappa shape index (κ1) is 20.0. The van der Waals surface area contributed by atoms with Gasteiger partial charge >= 0.3 is 5.69 Å². The summed E-state index contributed by atoms with van der Waals surface area (Å²) in [4.78, 5) is 41.3. The molecule has 0 radical (unpaired) electrons. The van der Waals surface area contributed by atoms with Crippen LogP contribution < -0.4 is 16.7 Å². The molecule has 142 valence electrons. The van der Waals surface area contributed by atoms with Crippen molar-refractivity contribution < 1.29 is 9.59 Å². The second-order valence-electron chi connectivity index (χ2n) is 6.29. The van der Waals surface area contributed by atoms with Crippen LogP contribution in [0.1, 0.15) is 12.8 Å². The van der Waals surface area contributed by atoms with Gasteiger partial charge in [0, 0.05) is 26.2 Å². The Labute approximate surface area is 157 Å². The molecule has 1 aromatic heterocycles. The first-order valence-electron chi connectivity index (χ1n) is 8.53. The molecule has 9 heteroatoms. The smallest absolute Gasteiger partial charge is 0.326 e. The number of hydrogen-bond donors (Lipinski definition) is 3. The maximum Gasteiger partial charge on any atom is 0.326 e. The molecular weight excluding hydrogens is 358 g/mol. The fourth-order valence-electron chi connectivity index (χ4n) is 3.26. The van der Waals surface area contributed by atoms with Gasteiger partial charge in [-0.2, -0.15) is 0 Å². The lowest BCUT2D eigenvalue weighted by Crippen LogP contribution is -2.47. The molecule has 1 fully saturated rings. The van der Waals surface area contributed by atoms with Gasteiger partial charge < -0.3 is 20.9 Å². The van der Waals surface area contributed by atoms with Crippen molar-refractivity contribution in [3.63, 3.8) is 0 Å². The first-order valence-corrected chi connectivity index (χ1v) is 8.53. The van der Waals surface area contributed by atoms with Gasteiger partial charge in [-0.25, -0.2) is 4.79 Å². The Morgan fingerprint density at radius 1 is 1.31 bits per heavy atom. The van der Waals surface area contributed by atoms with Crippen molar-refractivity contribution in [3.05, 3.63) is 34.7 Å². The number of benzene rings is 1. The van der Waals surface area contributed by atoms with Crippen LogP contribution in [0, 0.1) is 5.92 Å². The highest BCUT2D eigenvalue weighted by molar-refractivity contribution is 5.85. The summed E-state index contributed by atoms with van der Waals surface area (Å²) in [6.07, 6.45) is 1.53. The number of nitrogens with two attached hydrogens (primary N) is 1. The third-order valence-corrected chi connectivity index (χ3v) is 4.56. The zero-order valence-corrected chi connectivity index (χ0v) is 15.3. The van der Waals surface area contributed by atoms with Gasteiger partial charge in [0.2, 0.25) is 11.8 Å². The fraction of sp³-hybridized carbons (Fsp3) is 0.471. The summed E-state index contributed by atoms with van der Waals surface area (Å²) in [7, 11) is 0. The summed E-state index contributed by atoms with van der Waals surface area (Å²) in [5.74, 6) is -0.431. The number of rotatable bonds is 5. The first-order chi connectivity index (χ1) is 12.1. The maximum absolute atomic E-state index is 12.6. The van der Waals surface area contributed by atoms with Crippen molar-refractivity contribution in [3.8, 4) is 0 Å². The summed E-state index contributed by atoms with van der Waals surface area (Å²) in [5.41, 5.74) is 6.51. The zero-order valence-electron chi connectivity index (χ0n) is 14.4. The SMILES string of the molecule is Cl.NCCNC(=O)C1CCCN(C(=O)Cn2c(=O)[nH]c3ccccc32)C1. The van der Waals surface area contributed by atoms with E-state index in [-0.39, 0.29) is 42.4 Å². The molecule has 0 bridgehead atoms. The van der Waals surface area contributed by atoms with E-state index < -0.39 is 0 Å². The van der Waals surface area contributed by atoms with Gasteiger partial charge in [0.25, 0.3) is 0 Å². The topological polar surface area (TPSA) is 113 Å². The van der Waals surface area contributed by atoms with Gasteiger partial charge in [-0.15, -0.1) is 12.4 Å². The van der Waals surface area contributed by atoms with E-state index in [1.807, 2.05) is 12.1 Å². The molecule has 1 saturated heterocycles. The normalized spacial score (nSPS) is 17.0. The third-order valence-electron chi connectivity index (χ3n) is 4.56. The Bertz CT molecular complexity index is 831. The van der Waals surface area contributed by atoms with Gasteiger partial charge in [0.05, 0.1) is 17.0 Å². The van der Waals surface area contributed by atoms with E-state index in [0.29, 0.717) is 37.2 Å². The quantitative estimate of drug-likeness (QED) is 0.679. The Morgan fingerprint density at radius 2 is 2.08 bits per heavy atom. The lowest BCUT2D eigenvalue weighted by Gasteiger charge is -2.32. The standard InChI is InChI=1S/C17H23N5O3.ClH/c18-7-8-19-16(24)12-4-3-9-21(10-12)15(23)11-22-14-6-2-1-5-13(14)20-17(22)25;/h1-2,5-6,12H,3-4,7-11,18H2,(H,19,24)(H,20,25);1H. The molecule has 4 N–H and O–H groups in total. The van der Waals surface area contributed by atoms with E-state index in [9.17, 15) is 14.4 Å². The van der Waals surface area contributed by atoms with Crippen LogP contribution in [-0.2, 0) is 16.1 Å². The fourth-order valence-corrected chi connectivity index (χ4v) is 3.26. The van der Waals surface area contributed by atoms with E-state index in [1.54, 1.807) is 17.0 Å². The van der Waals surface area contributed by atoms with E-state index in [0.717, 1.165) is 12.8 Å². The third kappa shape index (κ3) is 4.25. The minimum atomic E-state index is -0.302. The number of amides is 2. The number of H-pyrrole nitrogens is 1. The number of para-hydroxylation sites is 2. The summed E-state index contributed by atoms with van der Waals surface area (Å²) >= 11 is 0. The van der Waals surface area contributed by atoms with Crippen LogP contribution in [0.5, 0.6) is 0 Å². The Morgan fingerprint density at radius 3 is 2.85 bits per heavy atom. The average Bonchev–Trinajstić information content (AvgIpc) is 2.95.